The Kier molecular flexibility index (Phi) is 4.84. The molecule has 0 saturated carbocycles. The summed E-state index contributed by atoms with van der Waals surface area (Å²) < 4.78 is 0. The summed E-state index contributed by atoms with van der Waals surface area (Å²) in [6.07, 6.45) is 0. The molecular formula is C42H28. The van der Waals surface area contributed by atoms with Gasteiger partial charge in [-0.15, -0.1) is 0 Å². The molecule has 1 aliphatic carbocycles. The monoisotopic (exact) mass is 532 g/mol. The topological polar surface area (TPSA) is 0 Å². The summed E-state index contributed by atoms with van der Waals surface area (Å²) in [6, 6.07) is 56.4. The van der Waals surface area contributed by atoms with E-state index in [4.69, 9.17) is 0 Å². The van der Waals surface area contributed by atoms with Gasteiger partial charge in [0.05, 0.1) is 0 Å². The first-order chi connectivity index (χ1) is 20.7. The Morgan fingerprint density at radius 2 is 1.10 bits per heavy atom. The molecule has 0 saturated heterocycles. The van der Waals surface area contributed by atoms with Crippen molar-refractivity contribution in [1.29, 1.82) is 0 Å². The van der Waals surface area contributed by atoms with Crippen LogP contribution in [0.2, 0.25) is 0 Å². The zero-order valence-electron chi connectivity index (χ0n) is 23.4. The molecule has 0 heteroatoms. The van der Waals surface area contributed by atoms with Crippen LogP contribution in [0.15, 0.2) is 152 Å². The predicted octanol–water partition coefficient (Wildman–Crippen LogP) is 11.3. The molecular weight excluding hydrogens is 504 g/mol. The van der Waals surface area contributed by atoms with Crippen molar-refractivity contribution in [3.63, 3.8) is 0 Å². The van der Waals surface area contributed by atoms with Gasteiger partial charge in [-0.25, -0.2) is 0 Å². The number of hydrogen-bond acceptors (Lipinski definition) is 0. The van der Waals surface area contributed by atoms with Crippen molar-refractivity contribution < 1.29 is 0 Å². The van der Waals surface area contributed by atoms with Gasteiger partial charge in [-0.3, -0.25) is 0 Å². The summed E-state index contributed by atoms with van der Waals surface area (Å²) in [6.45, 7) is 2.39. The summed E-state index contributed by atoms with van der Waals surface area (Å²) in [5, 5.41) is 10.3. The molecule has 1 aliphatic rings. The van der Waals surface area contributed by atoms with Crippen LogP contribution in [-0.4, -0.2) is 0 Å². The van der Waals surface area contributed by atoms with E-state index in [1.165, 1.54) is 82.0 Å². The summed E-state index contributed by atoms with van der Waals surface area (Å²) in [7, 11) is 0. The average Bonchev–Trinajstić information content (AvgIpc) is 3.30. The van der Waals surface area contributed by atoms with Gasteiger partial charge in [-0.2, -0.15) is 0 Å². The Morgan fingerprint density at radius 1 is 0.381 bits per heavy atom. The van der Waals surface area contributed by atoms with Crippen molar-refractivity contribution >= 4 is 43.1 Å². The normalized spacial score (nSPS) is 15.8. The zero-order chi connectivity index (χ0) is 27.8. The standard InChI is InChI=1S/C42H28/c1-42(32-13-3-2-4-14-32)39-18-10-9-17-35(39)38-24-28-19-20-30(23-31(28)26-40(38)42)41-34-16-8-6-12-29(34)25-37-33-15-7-5-11-27(33)21-22-36(37)41/h2-26H,1H3. The highest BCUT2D eigenvalue weighted by Crippen LogP contribution is 2.53. The van der Waals surface area contributed by atoms with Crippen LogP contribution in [0.3, 0.4) is 0 Å². The number of benzene rings is 8. The van der Waals surface area contributed by atoms with E-state index in [-0.39, 0.29) is 5.41 Å². The maximum Gasteiger partial charge on any atom is 0.0435 e. The van der Waals surface area contributed by atoms with Crippen molar-refractivity contribution in [3.05, 3.63) is 168 Å². The van der Waals surface area contributed by atoms with Gasteiger partial charge in [0, 0.05) is 5.41 Å². The largest absolute Gasteiger partial charge is 0.0622 e. The summed E-state index contributed by atoms with van der Waals surface area (Å²) in [4.78, 5) is 0. The highest BCUT2D eigenvalue weighted by Gasteiger charge is 2.40. The van der Waals surface area contributed by atoms with Crippen molar-refractivity contribution in [3.8, 4) is 22.3 Å². The van der Waals surface area contributed by atoms with Gasteiger partial charge in [-0.05, 0) is 113 Å². The Morgan fingerprint density at radius 3 is 1.98 bits per heavy atom. The molecule has 0 N–H and O–H groups in total. The molecule has 0 aliphatic heterocycles. The Hall–Kier alpha value is -5.20. The molecule has 9 rings (SSSR count). The summed E-state index contributed by atoms with van der Waals surface area (Å²) in [5.74, 6) is 0. The van der Waals surface area contributed by atoms with E-state index in [1.807, 2.05) is 0 Å². The molecule has 0 heterocycles. The van der Waals surface area contributed by atoms with Crippen molar-refractivity contribution in [2.45, 2.75) is 12.3 Å². The molecule has 0 spiro atoms. The summed E-state index contributed by atoms with van der Waals surface area (Å²) in [5.41, 5.74) is 9.15. The van der Waals surface area contributed by atoms with Crippen LogP contribution in [0.1, 0.15) is 23.6 Å². The molecule has 0 radical (unpaired) electrons. The summed E-state index contributed by atoms with van der Waals surface area (Å²) >= 11 is 0. The predicted molar refractivity (Wildman–Crippen MR) is 179 cm³/mol. The van der Waals surface area contributed by atoms with Crippen molar-refractivity contribution in [1.82, 2.24) is 0 Å². The van der Waals surface area contributed by atoms with Crippen LogP contribution in [0.25, 0.3) is 65.3 Å². The average molecular weight is 533 g/mol. The van der Waals surface area contributed by atoms with E-state index in [2.05, 4.69) is 159 Å². The minimum absolute atomic E-state index is 0.206. The van der Waals surface area contributed by atoms with Gasteiger partial charge < -0.3 is 0 Å². The lowest BCUT2D eigenvalue weighted by molar-refractivity contribution is 0.715. The van der Waals surface area contributed by atoms with E-state index in [9.17, 15) is 0 Å². The van der Waals surface area contributed by atoms with E-state index < -0.39 is 0 Å². The first kappa shape index (κ1) is 23.5. The lowest BCUT2D eigenvalue weighted by atomic mass is 9.74. The minimum atomic E-state index is -0.206. The first-order valence-corrected chi connectivity index (χ1v) is 14.8. The highest BCUT2D eigenvalue weighted by molar-refractivity contribution is 6.20. The smallest absolute Gasteiger partial charge is 0.0435 e. The molecule has 0 aromatic heterocycles. The third-order valence-electron chi connectivity index (χ3n) is 9.68. The molecule has 0 nitrogen and oxygen atoms in total. The van der Waals surface area contributed by atoms with E-state index in [0.717, 1.165) is 0 Å². The third-order valence-corrected chi connectivity index (χ3v) is 9.68. The minimum Gasteiger partial charge on any atom is -0.0622 e. The van der Waals surface area contributed by atoms with Crippen LogP contribution >= 0.6 is 0 Å². The Balaban J connectivity index is 1.34. The van der Waals surface area contributed by atoms with Crippen LogP contribution < -0.4 is 0 Å². The third kappa shape index (κ3) is 3.18. The Labute approximate surface area is 245 Å². The van der Waals surface area contributed by atoms with E-state index >= 15 is 0 Å². The van der Waals surface area contributed by atoms with Gasteiger partial charge in [0.1, 0.15) is 0 Å². The second-order valence-corrected chi connectivity index (χ2v) is 11.9. The molecule has 0 fully saturated rings. The quantitative estimate of drug-likeness (QED) is 0.153. The van der Waals surface area contributed by atoms with Crippen LogP contribution in [0, 0.1) is 0 Å². The SMILES string of the molecule is CC1(c2ccccc2)c2ccccc2-c2cc3ccc(-c4c5ccccc5cc5c4ccc4ccccc45)cc3cc21. The van der Waals surface area contributed by atoms with Crippen molar-refractivity contribution in [2.75, 3.05) is 0 Å². The molecule has 1 atom stereocenters. The molecule has 196 valence electrons. The maximum atomic E-state index is 2.46. The van der Waals surface area contributed by atoms with E-state index in [1.54, 1.807) is 0 Å². The lowest BCUT2D eigenvalue weighted by Crippen LogP contribution is -2.22. The van der Waals surface area contributed by atoms with Gasteiger partial charge >= 0.3 is 0 Å². The Bertz CT molecular complexity index is 2360. The van der Waals surface area contributed by atoms with Gasteiger partial charge in [-0.1, -0.05) is 127 Å². The number of fused-ring (bicyclic) bond motifs is 8. The molecule has 1 unspecified atom stereocenters. The molecule has 8 aromatic carbocycles. The molecule has 42 heavy (non-hydrogen) atoms. The second kappa shape index (κ2) is 8.65. The number of rotatable bonds is 2. The highest BCUT2D eigenvalue weighted by atomic mass is 14.4. The van der Waals surface area contributed by atoms with Crippen LogP contribution in [0.5, 0.6) is 0 Å². The van der Waals surface area contributed by atoms with Gasteiger partial charge in [0.15, 0.2) is 0 Å². The van der Waals surface area contributed by atoms with Gasteiger partial charge in [0.2, 0.25) is 0 Å². The fraction of sp³-hybridized carbons (Fsp3) is 0.0476. The van der Waals surface area contributed by atoms with Crippen LogP contribution in [-0.2, 0) is 5.41 Å². The maximum absolute atomic E-state index is 2.46. The lowest BCUT2D eigenvalue weighted by Gasteiger charge is -2.28. The molecule has 0 amide bonds. The molecule has 8 aromatic rings. The fourth-order valence-corrected chi connectivity index (χ4v) is 7.60. The van der Waals surface area contributed by atoms with Crippen LogP contribution in [0.4, 0.5) is 0 Å². The zero-order valence-corrected chi connectivity index (χ0v) is 23.4. The number of hydrogen-bond donors (Lipinski definition) is 0. The van der Waals surface area contributed by atoms with Crippen molar-refractivity contribution in [2.24, 2.45) is 0 Å². The van der Waals surface area contributed by atoms with Gasteiger partial charge in [0.25, 0.3) is 0 Å². The van der Waals surface area contributed by atoms with E-state index in [0.29, 0.717) is 0 Å². The first-order valence-electron chi connectivity index (χ1n) is 14.8. The second-order valence-electron chi connectivity index (χ2n) is 11.9. The fourth-order valence-electron chi connectivity index (χ4n) is 7.60. The molecule has 0 bridgehead atoms.